The van der Waals surface area contributed by atoms with Gasteiger partial charge in [-0.05, 0) is 43.0 Å². The van der Waals surface area contributed by atoms with Gasteiger partial charge in [0.25, 0.3) is 0 Å². The maximum Gasteiger partial charge on any atom is 0.0754 e. The Morgan fingerprint density at radius 2 is 2.24 bits per heavy atom. The van der Waals surface area contributed by atoms with E-state index in [9.17, 15) is 0 Å². The second-order valence-electron chi connectivity index (χ2n) is 6.48. The van der Waals surface area contributed by atoms with E-state index in [2.05, 4.69) is 54.2 Å². The summed E-state index contributed by atoms with van der Waals surface area (Å²) in [5, 5.41) is 4.91. The van der Waals surface area contributed by atoms with Crippen LogP contribution in [0.25, 0.3) is 10.9 Å². The van der Waals surface area contributed by atoms with E-state index >= 15 is 0 Å². The lowest BCUT2D eigenvalue weighted by Crippen LogP contribution is -2.19. The molecule has 0 spiro atoms. The van der Waals surface area contributed by atoms with Gasteiger partial charge < -0.3 is 14.6 Å². The van der Waals surface area contributed by atoms with Crippen LogP contribution in [0.5, 0.6) is 0 Å². The number of nitrogens with zero attached hydrogens (tertiary/aromatic N) is 1. The molecule has 1 unspecified atom stereocenters. The van der Waals surface area contributed by atoms with Crippen molar-refractivity contribution >= 4 is 10.9 Å². The van der Waals surface area contributed by atoms with Crippen molar-refractivity contribution in [2.75, 3.05) is 13.2 Å². The van der Waals surface area contributed by atoms with Crippen LogP contribution < -0.4 is 5.32 Å². The van der Waals surface area contributed by atoms with E-state index in [0.29, 0.717) is 12.0 Å². The SMILES string of the molecule is CC(C)CNCc1cccc2c1ccn2CC1CCCO1. The van der Waals surface area contributed by atoms with Crippen molar-refractivity contribution in [3.63, 3.8) is 0 Å². The standard InChI is InChI=1S/C18H26N2O/c1-14(2)11-19-12-15-5-3-7-18-17(15)8-9-20(18)13-16-6-4-10-21-16/h3,5,7-9,14,16,19H,4,6,10-13H2,1-2H3. The Kier molecular flexibility index (Phi) is 4.61. The monoisotopic (exact) mass is 286 g/mol. The lowest BCUT2D eigenvalue weighted by Gasteiger charge is -2.12. The van der Waals surface area contributed by atoms with E-state index in [4.69, 9.17) is 4.74 Å². The van der Waals surface area contributed by atoms with Gasteiger partial charge in [-0.3, -0.25) is 0 Å². The van der Waals surface area contributed by atoms with Crippen LogP contribution in [0, 0.1) is 5.92 Å². The first-order chi connectivity index (χ1) is 10.2. The van der Waals surface area contributed by atoms with E-state index in [1.165, 1.54) is 29.3 Å². The zero-order chi connectivity index (χ0) is 14.7. The van der Waals surface area contributed by atoms with Gasteiger partial charge in [-0.25, -0.2) is 0 Å². The number of rotatable bonds is 6. The molecule has 3 nitrogen and oxygen atoms in total. The Labute approximate surface area is 127 Å². The van der Waals surface area contributed by atoms with Crippen molar-refractivity contribution in [3.05, 3.63) is 36.0 Å². The molecule has 2 aromatic rings. The molecule has 0 saturated carbocycles. The Morgan fingerprint density at radius 1 is 1.33 bits per heavy atom. The third kappa shape index (κ3) is 3.47. The van der Waals surface area contributed by atoms with Gasteiger partial charge in [-0.1, -0.05) is 26.0 Å². The minimum Gasteiger partial charge on any atom is -0.376 e. The number of ether oxygens (including phenoxy) is 1. The first-order valence-electron chi connectivity index (χ1n) is 8.13. The molecule has 1 fully saturated rings. The number of fused-ring (bicyclic) bond motifs is 1. The second kappa shape index (κ2) is 6.63. The summed E-state index contributed by atoms with van der Waals surface area (Å²) in [5.74, 6) is 0.688. The van der Waals surface area contributed by atoms with Gasteiger partial charge in [0.15, 0.2) is 0 Å². The lowest BCUT2D eigenvalue weighted by molar-refractivity contribution is 0.0980. The third-order valence-corrected chi connectivity index (χ3v) is 4.20. The van der Waals surface area contributed by atoms with E-state index in [1.54, 1.807) is 0 Å². The number of benzene rings is 1. The van der Waals surface area contributed by atoms with Gasteiger partial charge in [0.05, 0.1) is 6.10 Å². The Bertz CT molecular complexity index is 582. The topological polar surface area (TPSA) is 26.2 Å². The van der Waals surface area contributed by atoms with Crippen LogP contribution in [0.1, 0.15) is 32.3 Å². The van der Waals surface area contributed by atoms with Crippen LogP contribution in [-0.2, 0) is 17.8 Å². The molecule has 1 atom stereocenters. The summed E-state index contributed by atoms with van der Waals surface area (Å²) in [6, 6.07) is 8.86. The highest BCUT2D eigenvalue weighted by molar-refractivity contribution is 5.83. The van der Waals surface area contributed by atoms with Crippen molar-refractivity contribution in [2.24, 2.45) is 5.92 Å². The van der Waals surface area contributed by atoms with Gasteiger partial charge >= 0.3 is 0 Å². The molecular formula is C18H26N2O. The average molecular weight is 286 g/mol. The number of hydrogen-bond acceptors (Lipinski definition) is 2. The molecule has 0 bridgehead atoms. The molecule has 21 heavy (non-hydrogen) atoms. The van der Waals surface area contributed by atoms with Gasteiger partial charge in [-0.2, -0.15) is 0 Å². The van der Waals surface area contributed by atoms with E-state index in [1.807, 2.05) is 0 Å². The molecule has 1 aliphatic rings. The van der Waals surface area contributed by atoms with Crippen LogP contribution in [0.3, 0.4) is 0 Å². The van der Waals surface area contributed by atoms with E-state index in [-0.39, 0.29) is 0 Å². The smallest absolute Gasteiger partial charge is 0.0754 e. The highest BCUT2D eigenvalue weighted by Gasteiger charge is 2.17. The summed E-state index contributed by atoms with van der Waals surface area (Å²) < 4.78 is 8.11. The molecule has 1 aliphatic heterocycles. The van der Waals surface area contributed by atoms with Crippen molar-refractivity contribution in [3.8, 4) is 0 Å². The minimum atomic E-state index is 0.392. The van der Waals surface area contributed by atoms with Gasteiger partial charge in [0.2, 0.25) is 0 Å². The maximum absolute atomic E-state index is 5.76. The average Bonchev–Trinajstić information content (AvgIpc) is 3.10. The van der Waals surface area contributed by atoms with Crippen LogP contribution in [0.4, 0.5) is 0 Å². The molecule has 0 aliphatic carbocycles. The van der Waals surface area contributed by atoms with Crippen molar-refractivity contribution in [1.29, 1.82) is 0 Å². The fourth-order valence-corrected chi connectivity index (χ4v) is 3.10. The molecular weight excluding hydrogens is 260 g/mol. The van der Waals surface area contributed by atoms with Crippen LogP contribution in [0.15, 0.2) is 30.5 Å². The van der Waals surface area contributed by atoms with E-state index in [0.717, 1.165) is 26.2 Å². The van der Waals surface area contributed by atoms with Crippen molar-refractivity contribution in [2.45, 2.75) is 45.9 Å². The van der Waals surface area contributed by atoms with E-state index < -0.39 is 0 Å². The molecule has 1 aromatic carbocycles. The molecule has 0 radical (unpaired) electrons. The highest BCUT2D eigenvalue weighted by atomic mass is 16.5. The molecule has 1 aromatic heterocycles. The third-order valence-electron chi connectivity index (χ3n) is 4.20. The van der Waals surface area contributed by atoms with Gasteiger partial charge in [0.1, 0.15) is 0 Å². The van der Waals surface area contributed by atoms with Crippen molar-refractivity contribution in [1.82, 2.24) is 9.88 Å². The summed E-state index contributed by atoms with van der Waals surface area (Å²) in [6.07, 6.45) is 4.99. The van der Waals surface area contributed by atoms with Gasteiger partial charge in [-0.15, -0.1) is 0 Å². The molecule has 3 rings (SSSR count). The molecule has 0 amide bonds. The number of hydrogen-bond donors (Lipinski definition) is 1. The predicted octanol–water partition coefficient (Wildman–Crippen LogP) is 3.57. The van der Waals surface area contributed by atoms with Crippen molar-refractivity contribution < 1.29 is 4.74 Å². The largest absolute Gasteiger partial charge is 0.376 e. The molecule has 114 valence electrons. The minimum absolute atomic E-state index is 0.392. The van der Waals surface area contributed by atoms with Crippen LogP contribution >= 0.6 is 0 Å². The Balaban J connectivity index is 1.75. The maximum atomic E-state index is 5.76. The Morgan fingerprint density at radius 3 is 3.00 bits per heavy atom. The zero-order valence-electron chi connectivity index (χ0n) is 13.1. The zero-order valence-corrected chi connectivity index (χ0v) is 13.1. The van der Waals surface area contributed by atoms with Gasteiger partial charge in [0, 0.05) is 36.8 Å². The fraction of sp³-hybridized carbons (Fsp3) is 0.556. The summed E-state index contributed by atoms with van der Waals surface area (Å²) in [7, 11) is 0. The molecule has 1 N–H and O–H groups in total. The quantitative estimate of drug-likeness (QED) is 0.878. The highest BCUT2D eigenvalue weighted by Crippen LogP contribution is 2.23. The normalized spacial score (nSPS) is 18.9. The summed E-state index contributed by atoms with van der Waals surface area (Å²) >= 11 is 0. The predicted molar refractivity (Wildman–Crippen MR) is 87.5 cm³/mol. The first kappa shape index (κ1) is 14.6. The molecule has 3 heteroatoms. The van der Waals surface area contributed by atoms with Crippen LogP contribution in [0.2, 0.25) is 0 Å². The summed E-state index contributed by atoms with van der Waals surface area (Å²) in [6.45, 7) is 8.39. The molecule has 1 saturated heterocycles. The van der Waals surface area contributed by atoms with Crippen LogP contribution in [-0.4, -0.2) is 23.8 Å². The first-order valence-corrected chi connectivity index (χ1v) is 8.13. The summed E-state index contributed by atoms with van der Waals surface area (Å²) in [4.78, 5) is 0. The number of aromatic nitrogens is 1. The summed E-state index contributed by atoms with van der Waals surface area (Å²) in [5.41, 5.74) is 2.72. The lowest BCUT2D eigenvalue weighted by atomic mass is 10.1. The fourth-order valence-electron chi connectivity index (χ4n) is 3.10. The Hall–Kier alpha value is -1.32. The second-order valence-corrected chi connectivity index (χ2v) is 6.48. The number of nitrogens with one attached hydrogen (secondary N) is 1. The molecule has 2 heterocycles.